The summed E-state index contributed by atoms with van der Waals surface area (Å²) in [6, 6.07) is 0. The molecule has 0 aliphatic heterocycles. The third-order valence-corrected chi connectivity index (χ3v) is 4.00. The molecule has 0 N–H and O–H groups in total. The van der Waals surface area contributed by atoms with Gasteiger partial charge in [0.05, 0.1) is 6.20 Å². The average Bonchev–Trinajstić information content (AvgIpc) is 2.73. The minimum absolute atomic E-state index is 0.757. The van der Waals surface area contributed by atoms with E-state index in [9.17, 15) is 0 Å². The molecule has 5 nitrogen and oxygen atoms in total. The van der Waals surface area contributed by atoms with Crippen molar-refractivity contribution < 1.29 is 0 Å². The molecule has 0 atom stereocenters. The predicted octanol–water partition coefficient (Wildman–Crippen LogP) is 1.99. The van der Waals surface area contributed by atoms with Crippen molar-refractivity contribution in [3.8, 4) is 0 Å². The smallest absolute Gasteiger partial charge is 0.147 e. The summed E-state index contributed by atoms with van der Waals surface area (Å²) in [5.74, 6) is 0. The number of hydrogen-bond donors (Lipinski definition) is 0. The van der Waals surface area contributed by atoms with Gasteiger partial charge in [-0.05, 0) is 45.4 Å². The van der Waals surface area contributed by atoms with Gasteiger partial charge in [-0.3, -0.25) is 4.68 Å². The maximum absolute atomic E-state index is 4.32. The molecule has 0 amide bonds. The van der Waals surface area contributed by atoms with E-state index in [4.69, 9.17) is 0 Å². The standard InChI is InChI=1S/C9H11BrIN5/c1-3-16-8(10)6(5-12-16)4-7-9(11)14-15(2)13-7/h5H,3-4H2,1-2H3. The van der Waals surface area contributed by atoms with E-state index in [0.717, 1.165) is 32.5 Å². The molecule has 7 heteroatoms. The number of halogens is 2. The first-order valence-electron chi connectivity index (χ1n) is 4.87. The molecule has 0 saturated carbocycles. The van der Waals surface area contributed by atoms with Gasteiger partial charge >= 0.3 is 0 Å². The van der Waals surface area contributed by atoms with Crippen molar-refractivity contribution in [1.29, 1.82) is 0 Å². The Morgan fingerprint density at radius 3 is 2.69 bits per heavy atom. The second kappa shape index (κ2) is 4.82. The molecule has 0 unspecified atom stereocenters. The summed E-state index contributed by atoms with van der Waals surface area (Å²) < 4.78 is 3.88. The van der Waals surface area contributed by atoms with Crippen molar-refractivity contribution in [2.24, 2.45) is 7.05 Å². The van der Waals surface area contributed by atoms with Gasteiger partial charge in [0, 0.05) is 25.6 Å². The van der Waals surface area contributed by atoms with Crippen LogP contribution in [-0.4, -0.2) is 24.8 Å². The second-order valence-corrected chi connectivity index (χ2v) is 5.15. The van der Waals surface area contributed by atoms with Gasteiger partial charge in [-0.2, -0.15) is 15.0 Å². The molecule has 2 heterocycles. The molecule has 0 aliphatic carbocycles. The Kier molecular flexibility index (Phi) is 3.63. The van der Waals surface area contributed by atoms with Crippen LogP contribution in [0.25, 0.3) is 0 Å². The lowest BCUT2D eigenvalue weighted by Gasteiger charge is -1.98. The first-order valence-corrected chi connectivity index (χ1v) is 6.75. The molecule has 0 fully saturated rings. The van der Waals surface area contributed by atoms with Crippen molar-refractivity contribution in [2.45, 2.75) is 19.9 Å². The topological polar surface area (TPSA) is 48.5 Å². The van der Waals surface area contributed by atoms with Gasteiger partial charge in [0.25, 0.3) is 0 Å². The maximum atomic E-state index is 4.32. The van der Waals surface area contributed by atoms with Crippen molar-refractivity contribution >= 4 is 38.5 Å². The van der Waals surface area contributed by atoms with Gasteiger partial charge < -0.3 is 0 Å². The molecule has 0 radical (unpaired) electrons. The summed E-state index contributed by atoms with van der Waals surface area (Å²) >= 11 is 5.74. The SMILES string of the molecule is CCn1ncc(Cc2nn(C)nc2I)c1Br. The lowest BCUT2D eigenvalue weighted by Crippen LogP contribution is -1.97. The summed E-state index contributed by atoms with van der Waals surface area (Å²) in [5, 5.41) is 12.8. The Labute approximate surface area is 115 Å². The van der Waals surface area contributed by atoms with Gasteiger partial charge in [0.1, 0.15) is 14.0 Å². The first-order chi connectivity index (χ1) is 7.61. The molecule has 0 spiro atoms. The third-order valence-electron chi connectivity index (χ3n) is 2.24. The summed E-state index contributed by atoms with van der Waals surface area (Å²) in [4.78, 5) is 1.59. The van der Waals surface area contributed by atoms with Crippen LogP contribution in [0.3, 0.4) is 0 Å². The van der Waals surface area contributed by atoms with E-state index < -0.39 is 0 Å². The van der Waals surface area contributed by atoms with Crippen LogP contribution in [0.5, 0.6) is 0 Å². The molecule has 0 aromatic carbocycles. The van der Waals surface area contributed by atoms with Crippen LogP contribution < -0.4 is 0 Å². The summed E-state index contributed by atoms with van der Waals surface area (Å²) in [5.41, 5.74) is 2.12. The number of aromatic nitrogens is 5. The lowest BCUT2D eigenvalue weighted by atomic mass is 10.2. The fourth-order valence-corrected chi connectivity index (χ4v) is 2.66. The molecule has 86 valence electrons. The van der Waals surface area contributed by atoms with Crippen LogP contribution in [0.1, 0.15) is 18.2 Å². The number of aryl methyl sites for hydroxylation is 2. The summed E-state index contributed by atoms with van der Waals surface area (Å²) in [6.45, 7) is 2.92. The highest BCUT2D eigenvalue weighted by atomic mass is 127. The highest BCUT2D eigenvalue weighted by molar-refractivity contribution is 14.1. The zero-order valence-corrected chi connectivity index (χ0v) is 12.7. The van der Waals surface area contributed by atoms with Gasteiger partial charge in [0.2, 0.25) is 0 Å². The largest absolute Gasteiger partial charge is 0.258 e. The molecule has 2 aromatic heterocycles. The van der Waals surface area contributed by atoms with Crippen LogP contribution in [0.4, 0.5) is 0 Å². The number of rotatable bonds is 3. The van der Waals surface area contributed by atoms with Gasteiger partial charge in [0.15, 0.2) is 0 Å². The Morgan fingerprint density at radius 1 is 1.44 bits per heavy atom. The molecule has 2 rings (SSSR count). The molecule has 16 heavy (non-hydrogen) atoms. The monoisotopic (exact) mass is 395 g/mol. The Balaban J connectivity index is 2.27. The van der Waals surface area contributed by atoms with Crippen LogP contribution >= 0.6 is 38.5 Å². The first kappa shape index (κ1) is 12.0. The van der Waals surface area contributed by atoms with Gasteiger partial charge in [-0.15, -0.1) is 5.10 Å². The zero-order valence-electron chi connectivity index (χ0n) is 8.98. The summed E-state index contributed by atoms with van der Waals surface area (Å²) in [7, 11) is 1.83. The molecular formula is C9H11BrIN5. The molecular weight excluding hydrogens is 385 g/mol. The van der Waals surface area contributed by atoms with Crippen molar-refractivity contribution in [3.05, 3.63) is 25.8 Å². The van der Waals surface area contributed by atoms with Gasteiger partial charge in [-0.25, -0.2) is 0 Å². The molecule has 0 saturated heterocycles. The second-order valence-electron chi connectivity index (χ2n) is 3.38. The summed E-state index contributed by atoms with van der Waals surface area (Å²) in [6.07, 6.45) is 2.63. The van der Waals surface area contributed by atoms with E-state index in [0.29, 0.717) is 0 Å². The van der Waals surface area contributed by atoms with E-state index in [1.165, 1.54) is 0 Å². The maximum Gasteiger partial charge on any atom is 0.147 e. The molecule has 2 aromatic rings. The van der Waals surface area contributed by atoms with E-state index in [2.05, 4.69) is 60.7 Å². The minimum Gasteiger partial charge on any atom is -0.258 e. The number of hydrogen-bond acceptors (Lipinski definition) is 3. The normalized spacial score (nSPS) is 11.0. The Bertz CT molecular complexity index is 504. The van der Waals surface area contributed by atoms with E-state index in [1.807, 2.05) is 17.9 Å². The van der Waals surface area contributed by atoms with Crippen molar-refractivity contribution in [2.75, 3.05) is 0 Å². The van der Waals surface area contributed by atoms with Crippen LogP contribution in [0, 0.1) is 3.70 Å². The highest BCUT2D eigenvalue weighted by Crippen LogP contribution is 2.20. The molecule has 0 aliphatic rings. The van der Waals surface area contributed by atoms with Crippen LogP contribution in [0.15, 0.2) is 10.8 Å². The Hall–Kier alpha value is -0.440. The quantitative estimate of drug-likeness (QED) is 0.746. The fourth-order valence-electron chi connectivity index (χ4n) is 1.46. The van der Waals surface area contributed by atoms with E-state index in [1.54, 1.807) is 4.80 Å². The fraction of sp³-hybridized carbons (Fsp3) is 0.444. The van der Waals surface area contributed by atoms with Crippen LogP contribution in [-0.2, 0) is 20.0 Å². The molecule has 0 bridgehead atoms. The van der Waals surface area contributed by atoms with Crippen molar-refractivity contribution in [1.82, 2.24) is 24.8 Å². The Morgan fingerprint density at radius 2 is 2.19 bits per heavy atom. The van der Waals surface area contributed by atoms with E-state index >= 15 is 0 Å². The average molecular weight is 396 g/mol. The minimum atomic E-state index is 0.757. The number of nitrogens with zero attached hydrogens (tertiary/aromatic N) is 5. The van der Waals surface area contributed by atoms with Gasteiger partial charge in [-0.1, -0.05) is 0 Å². The third kappa shape index (κ3) is 2.29. The predicted molar refractivity (Wildman–Crippen MR) is 72.1 cm³/mol. The van der Waals surface area contributed by atoms with Crippen molar-refractivity contribution in [3.63, 3.8) is 0 Å². The van der Waals surface area contributed by atoms with E-state index in [-0.39, 0.29) is 0 Å². The zero-order chi connectivity index (χ0) is 11.7. The highest BCUT2D eigenvalue weighted by Gasteiger charge is 2.12. The lowest BCUT2D eigenvalue weighted by molar-refractivity contribution is 0.641. The van der Waals surface area contributed by atoms with Crippen LogP contribution in [0.2, 0.25) is 0 Å².